The number of aromatic nitrogens is 1. The predicted molar refractivity (Wildman–Crippen MR) is 92.0 cm³/mol. The molecular weight excluding hydrogens is 393 g/mol. The highest BCUT2D eigenvalue weighted by Gasteiger charge is 2.09. The summed E-state index contributed by atoms with van der Waals surface area (Å²) in [5.41, 5.74) is 6.48. The summed E-state index contributed by atoms with van der Waals surface area (Å²) in [6.07, 6.45) is 1.24. The Morgan fingerprint density at radius 3 is 2.86 bits per heavy atom. The number of halogens is 3. The minimum atomic E-state index is -0.234. The molecule has 0 unspecified atom stereocenters. The molecule has 0 aliphatic rings. The van der Waals surface area contributed by atoms with Gasteiger partial charge in [0.1, 0.15) is 16.5 Å². The van der Waals surface area contributed by atoms with Gasteiger partial charge in [-0.1, -0.05) is 22.0 Å². The maximum absolute atomic E-state index is 13.6. The van der Waals surface area contributed by atoms with Gasteiger partial charge < -0.3 is 11.1 Å². The summed E-state index contributed by atoms with van der Waals surface area (Å²) in [6.45, 7) is 0.810. The highest BCUT2D eigenvalue weighted by Crippen LogP contribution is 2.16. The van der Waals surface area contributed by atoms with Gasteiger partial charge in [-0.05, 0) is 30.5 Å². The van der Waals surface area contributed by atoms with Gasteiger partial charge >= 0.3 is 0 Å². The van der Waals surface area contributed by atoms with Crippen LogP contribution in [0.1, 0.15) is 27.5 Å². The Bertz CT molecular complexity index is 638. The molecule has 0 aliphatic heterocycles. The molecule has 120 valence electrons. The van der Waals surface area contributed by atoms with Crippen molar-refractivity contribution in [1.29, 1.82) is 0 Å². The lowest BCUT2D eigenvalue weighted by Crippen LogP contribution is -2.25. The zero-order valence-corrected chi connectivity index (χ0v) is 14.9. The summed E-state index contributed by atoms with van der Waals surface area (Å²) < 4.78 is 14.3. The SMILES string of the molecule is Cl.NCc1nc(C(=O)NCCCc2ccc(Br)cc2F)cs1. The monoisotopic (exact) mass is 407 g/mol. The number of amides is 1. The summed E-state index contributed by atoms with van der Waals surface area (Å²) in [5.74, 6) is -0.454. The highest BCUT2D eigenvalue weighted by atomic mass is 79.9. The van der Waals surface area contributed by atoms with E-state index in [2.05, 4.69) is 26.2 Å². The lowest BCUT2D eigenvalue weighted by Gasteiger charge is -2.05. The van der Waals surface area contributed by atoms with E-state index in [0.29, 0.717) is 37.2 Å². The van der Waals surface area contributed by atoms with Crippen molar-refractivity contribution >= 4 is 45.6 Å². The van der Waals surface area contributed by atoms with Crippen molar-refractivity contribution in [3.05, 3.63) is 50.1 Å². The standard InChI is InChI=1S/C14H15BrFN3OS.ClH/c15-10-4-3-9(11(16)6-10)2-1-5-18-14(20)12-8-21-13(7-17)19-12;/h3-4,6,8H,1-2,5,7,17H2,(H,18,20);1H. The second kappa shape index (κ2) is 9.19. The minimum absolute atomic E-state index is 0. The van der Waals surface area contributed by atoms with Crippen molar-refractivity contribution in [1.82, 2.24) is 10.3 Å². The van der Waals surface area contributed by atoms with E-state index in [-0.39, 0.29) is 24.1 Å². The maximum atomic E-state index is 13.6. The third-order valence-electron chi connectivity index (χ3n) is 2.88. The molecule has 1 amide bonds. The number of nitrogens with one attached hydrogen (secondary N) is 1. The number of nitrogens with two attached hydrogens (primary N) is 1. The molecule has 3 N–H and O–H groups in total. The number of nitrogens with zero attached hydrogens (tertiary/aromatic N) is 1. The molecule has 0 fully saturated rings. The van der Waals surface area contributed by atoms with Gasteiger partial charge in [-0.2, -0.15) is 0 Å². The van der Waals surface area contributed by atoms with Crippen LogP contribution in [-0.4, -0.2) is 17.4 Å². The van der Waals surface area contributed by atoms with E-state index in [1.54, 1.807) is 17.5 Å². The molecular formula is C14H16BrClFN3OS. The molecule has 8 heteroatoms. The molecule has 1 aromatic heterocycles. The first kappa shape index (κ1) is 19.0. The molecule has 2 aromatic rings. The zero-order chi connectivity index (χ0) is 15.2. The lowest BCUT2D eigenvalue weighted by molar-refractivity contribution is 0.0949. The zero-order valence-electron chi connectivity index (χ0n) is 11.6. The van der Waals surface area contributed by atoms with E-state index in [0.717, 1.165) is 9.48 Å². The summed E-state index contributed by atoms with van der Waals surface area (Å²) in [6, 6.07) is 4.99. The van der Waals surface area contributed by atoms with Gasteiger partial charge in [0.25, 0.3) is 5.91 Å². The number of hydrogen-bond acceptors (Lipinski definition) is 4. The summed E-state index contributed by atoms with van der Waals surface area (Å²) in [7, 11) is 0. The Labute approximate surface area is 146 Å². The summed E-state index contributed by atoms with van der Waals surface area (Å²) in [4.78, 5) is 15.9. The number of carbonyl (C=O) groups is 1. The third-order valence-corrected chi connectivity index (χ3v) is 4.25. The van der Waals surface area contributed by atoms with E-state index < -0.39 is 0 Å². The van der Waals surface area contributed by atoms with Crippen molar-refractivity contribution in [2.75, 3.05) is 6.54 Å². The first-order valence-corrected chi connectivity index (χ1v) is 8.14. The highest BCUT2D eigenvalue weighted by molar-refractivity contribution is 9.10. The molecule has 2 rings (SSSR count). The molecule has 22 heavy (non-hydrogen) atoms. The van der Waals surface area contributed by atoms with Crippen LogP contribution in [0.25, 0.3) is 0 Å². The predicted octanol–water partition coefficient (Wildman–Crippen LogP) is 3.29. The van der Waals surface area contributed by atoms with Crippen molar-refractivity contribution in [3.63, 3.8) is 0 Å². The number of hydrogen-bond donors (Lipinski definition) is 2. The van der Waals surface area contributed by atoms with Crippen molar-refractivity contribution < 1.29 is 9.18 Å². The number of aryl methyl sites for hydroxylation is 1. The quantitative estimate of drug-likeness (QED) is 0.721. The topological polar surface area (TPSA) is 68.0 Å². The molecule has 0 saturated heterocycles. The van der Waals surface area contributed by atoms with Gasteiger partial charge in [0.2, 0.25) is 0 Å². The van der Waals surface area contributed by atoms with Gasteiger partial charge in [0.15, 0.2) is 0 Å². The first-order valence-electron chi connectivity index (χ1n) is 6.46. The van der Waals surface area contributed by atoms with E-state index in [1.807, 2.05) is 0 Å². The van der Waals surface area contributed by atoms with Crippen molar-refractivity contribution in [3.8, 4) is 0 Å². The van der Waals surface area contributed by atoms with Gasteiger partial charge in [-0.15, -0.1) is 23.7 Å². The lowest BCUT2D eigenvalue weighted by atomic mass is 10.1. The van der Waals surface area contributed by atoms with Crippen molar-refractivity contribution in [2.24, 2.45) is 5.73 Å². The van der Waals surface area contributed by atoms with E-state index >= 15 is 0 Å². The molecule has 1 heterocycles. The van der Waals surface area contributed by atoms with Crippen LogP contribution in [-0.2, 0) is 13.0 Å². The Morgan fingerprint density at radius 2 is 2.23 bits per heavy atom. The van der Waals surface area contributed by atoms with Gasteiger partial charge in [-0.25, -0.2) is 9.37 Å². The van der Waals surface area contributed by atoms with Crippen LogP contribution < -0.4 is 11.1 Å². The van der Waals surface area contributed by atoms with Crippen LogP contribution >= 0.6 is 39.7 Å². The number of benzene rings is 1. The molecule has 0 atom stereocenters. The second-order valence-corrected chi connectivity index (χ2v) is 6.28. The number of carbonyl (C=O) groups excluding carboxylic acids is 1. The molecule has 0 spiro atoms. The average Bonchev–Trinajstić information content (AvgIpc) is 2.94. The summed E-state index contributed by atoms with van der Waals surface area (Å²) >= 11 is 4.59. The van der Waals surface area contributed by atoms with Gasteiger partial charge in [-0.3, -0.25) is 4.79 Å². The van der Waals surface area contributed by atoms with Crippen LogP contribution in [0.15, 0.2) is 28.1 Å². The Hall–Kier alpha value is -1.02. The molecule has 0 bridgehead atoms. The fraction of sp³-hybridized carbons (Fsp3) is 0.286. The fourth-order valence-corrected chi connectivity index (χ4v) is 2.79. The first-order chi connectivity index (χ1) is 10.1. The molecule has 0 aliphatic carbocycles. The Balaban J connectivity index is 0.00000242. The van der Waals surface area contributed by atoms with Crippen LogP contribution in [0.4, 0.5) is 4.39 Å². The fourth-order valence-electron chi connectivity index (χ4n) is 1.80. The average molecular weight is 409 g/mol. The van der Waals surface area contributed by atoms with E-state index in [4.69, 9.17) is 5.73 Å². The Kier molecular flexibility index (Phi) is 7.95. The largest absolute Gasteiger partial charge is 0.351 e. The van der Waals surface area contributed by atoms with E-state index in [1.165, 1.54) is 17.4 Å². The number of rotatable bonds is 6. The van der Waals surface area contributed by atoms with E-state index in [9.17, 15) is 9.18 Å². The van der Waals surface area contributed by atoms with Crippen LogP contribution in [0.3, 0.4) is 0 Å². The molecule has 0 radical (unpaired) electrons. The second-order valence-electron chi connectivity index (χ2n) is 4.43. The molecule has 4 nitrogen and oxygen atoms in total. The number of thiazole rings is 1. The summed E-state index contributed by atoms with van der Waals surface area (Å²) in [5, 5.41) is 5.19. The van der Waals surface area contributed by atoms with Gasteiger partial charge in [0, 0.05) is 22.9 Å². The van der Waals surface area contributed by atoms with Crippen LogP contribution in [0, 0.1) is 5.82 Å². The van der Waals surface area contributed by atoms with Crippen LogP contribution in [0.2, 0.25) is 0 Å². The van der Waals surface area contributed by atoms with Crippen molar-refractivity contribution in [2.45, 2.75) is 19.4 Å². The Morgan fingerprint density at radius 1 is 1.45 bits per heavy atom. The van der Waals surface area contributed by atoms with Crippen LogP contribution in [0.5, 0.6) is 0 Å². The molecule has 1 aromatic carbocycles. The normalized spacial score (nSPS) is 10.1. The third kappa shape index (κ3) is 5.31. The molecule has 0 saturated carbocycles. The minimum Gasteiger partial charge on any atom is -0.351 e. The smallest absolute Gasteiger partial charge is 0.270 e. The van der Waals surface area contributed by atoms with Gasteiger partial charge in [0.05, 0.1) is 0 Å². The maximum Gasteiger partial charge on any atom is 0.270 e.